The molecule has 1 amide bonds. The Bertz CT molecular complexity index is 861. The van der Waals surface area contributed by atoms with Crippen LogP contribution in [0.25, 0.3) is 0 Å². The van der Waals surface area contributed by atoms with Crippen molar-refractivity contribution in [2.75, 3.05) is 10.6 Å². The van der Waals surface area contributed by atoms with Crippen LogP contribution >= 0.6 is 11.6 Å². The summed E-state index contributed by atoms with van der Waals surface area (Å²) in [5.41, 5.74) is 3.70. The van der Waals surface area contributed by atoms with Gasteiger partial charge >= 0.3 is 0 Å². The first-order chi connectivity index (χ1) is 12.1. The molecular weight excluding hydrogens is 334 g/mol. The molecule has 2 aromatic carbocycles. The molecule has 0 aliphatic carbocycles. The van der Waals surface area contributed by atoms with Crippen LogP contribution in [-0.2, 0) is 11.2 Å². The highest BCUT2D eigenvalue weighted by molar-refractivity contribution is 6.30. The van der Waals surface area contributed by atoms with Crippen molar-refractivity contribution >= 4 is 34.7 Å². The predicted octanol–water partition coefficient (Wildman–Crippen LogP) is 4.97. The van der Waals surface area contributed by atoms with Gasteiger partial charge in [0.05, 0.1) is 18.3 Å². The number of nitrogens with zero attached hydrogens (tertiary/aromatic N) is 1. The highest BCUT2D eigenvalue weighted by atomic mass is 35.5. The van der Waals surface area contributed by atoms with E-state index < -0.39 is 0 Å². The Morgan fingerprint density at radius 2 is 1.80 bits per heavy atom. The van der Waals surface area contributed by atoms with Gasteiger partial charge in [0, 0.05) is 10.7 Å². The number of halogens is 1. The molecule has 0 radical (unpaired) electrons. The van der Waals surface area contributed by atoms with Gasteiger partial charge in [-0.2, -0.15) is 0 Å². The summed E-state index contributed by atoms with van der Waals surface area (Å²) in [5, 5.41) is 6.72. The van der Waals surface area contributed by atoms with Crippen LogP contribution in [0.3, 0.4) is 0 Å². The fourth-order valence-corrected chi connectivity index (χ4v) is 2.56. The van der Waals surface area contributed by atoms with E-state index in [1.54, 1.807) is 6.20 Å². The molecule has 0 unspecified atom stereocenters. The van der Waals surface area contributed by atoms with Crippen LogP contribution in [-0.4, -0.2) is 10.9 Å². The summed E-state index contributed by atoms with van der Waals surface area (Å²) in [6.07, 6.45) is 1.97. The predicted molar refractivity (Wildman–Crippen MR) is 102 cm³/mol. The molecule has 0 bridgehead atoms. The van der Waals surface area contributed by atoms with Crippen molar-refractivity contribution in [3.63, 3.8) is 0 Å². The van der Waals surface area contributed by atoms with Gasteiger partial charge < -0.3 is 10.6 Å². The van der Waals surface area contributed by atoms with E-state index in [-0.39, 0.29) is 5.91 Å². The van der Waals surface area contributed by atoms with Gasteiger partial charge in [0.15, 0.2) is 0 Å². The third kappa shape index (κ3) is 5.06. The number of nitrogens with one attached hydrogen (secondary N) is 2. The van der Waals surface area contributed by atoms with E-state index in [0.717, 1.165) is 16.8 Å². The number of carbonyl (C=O) groups is 1. The Balaban J connectivity index is 1.58. The molecule has 0 aliphatic heterocycles. The van der Waals surface area contributed by atoms with E-state index in [2.05, 4.69) is 15.6 Å². The molecule has 25 heavy (non-hydrogen) atoms. The van der Waals surface area contributed by atoms with Gasteiger partial charge in [0.25, 0.3) is 0 Å². The van der Waals surface area contributed by atoms with Crippen molar-refractivity contribution in [2.45, 2.75) is 13.3 Å². The van der Waals surface area contributed by atoms with Crippen molar-refractivity contribution in [3.8, 4) is 0 Å². The lowest BCUT2D eigenvalue weighted by atomic mass is 10.1. The Morgan fingerprint density at radius 1 is 1.04 bits per heavy atom. The molecule has 2 N–H and O–H groups in total. The standard InChI is InChI=1S/C20H18ClN3O/c1-14-3-2-4-15(11-14)12-20(25)24-18-9-10-19(22-13-18)23-17-7-5-16(21)6-8-17/h2-11,13H,12H2,1H3,(H,22,23)(H,24,25). The average Bonchev–Trinajstić information content (AvgIpc) is 2.59. The average molecular weight is 352 g/mol. The molecule has 1 heterocycles. The Morgan fingerprint density at radius 3 is 2.48 bits per heavy atom. The number of aromatic nitrogens is 1. The molecule has 5 heteroatoms. The molecule has 3 aromatic rings. The minimum Gasteiger partial charge on any atom is -0.340 e. The van der Waals surface area contributed by atoms with Crippen LogP contribution in [0.15, 0.2) is 66.9 Å². The number of anilines is 3. The van der Waals surface area contributed by atoms with Crippen molar-refractivity contribution in [1.29, 1.82) is 0 Å². The SMILES string of the molecule is Cc1cccc(CC(=O)Nc2ccc(Nc3ccc(Cl)cc3)nc2)c1. The van der Waals surface area contributed by atoms with Crippen molar-refractivity contribution in [2.24, 2.45) is 0 Å². The third-order valence-electron chi connectivity index (χ3n) is 3.61. The molecular formula is C20H18ClN3O. The van der Waals surface area contributed by atoms with Crippen LogP contribution in [0, 0.1) is 6.92 Å². The van der Waals surface area contributed by atoms with Gasteiger partial charge in [-0.05, 0) is 48.9 Å². The van der Waals surface area contributed by atoms with E-state index in [1.807, 2.05) is 67.6 Å². The lowest BCUT2D eigenvalue weighted by molar-refractivity contribution is -0.115. The first-order valence-electron chi connectivity index (χ1n) is 7.92. The van der Waals surface area contributed by atoms with Gasteiger partial charge in [-0.3, -0.25) is 4.79 Å². The molecule has 0 saturated heterocycles. The number of aryl methyl sites for hydroxylation is 1. The normalized spacial score (nSPS) is 10.3. The van der Waals surface area contributed by atoms with Crippen molar-refractivity contribution < 1.29 is 4.79 Å². The third-order valence-corrected chi connectivity index (χ3v) is 3.86. The summed E-state index contributed by atoms with van der Waals surface area (Å²) in [6, 6.07) is 18.9. The first-order valence-corrected chi connectivity index (χ1v) is 8.30. The summed E-state index contributed by atoms with van der Waals surface area (Å²) < 4.78 is 0. The van der Waals surface area contributed by atoms with E-state index in [4.69, 9.17) is 11.6 Å². The van der Waals surface area contributed by atoms with E-state index in [1.165, 1.54) is 0 Å². The Hall–Kier alpha value is -2.85. The largest absolute Gasteiger partial charge is 0.340 e. The fraction of sp³-hybridized carbons (Fsp3) is 0.100. The molecule has 0 aliphatic rings. The van der Waals surface area contributed by atoms with Crippen molar-refractivity contribution in [3.05, 3.63) is 83.0 Å². The molecule has 4 nitrogen and oxygen atoms in total. The van der Waals surface area contributed by atoms with Crippen LogP contribution in [0.2, 0.25) is 5.02 Å². The minimum absolute atomic E-state index is 0.0641. The molecule has 126 valence electrons. The van der Waals surface area contributed by atoms with Gasteiger partial charge in [0.1, 0.15) is 5.82 Å². The van der Waals surface area contributed by atoms with Crippen LogP contribution in [0.1, 0.15) is 11.1 Å². The second-order valence-corrected chi connectivity index (χ2v) is 6.21. The van der Waals surface area contributed by atoms with Crippen LogP contribution < -0.4 is 10.6 Å². The summed E-state index contributed by atoms with van der Waals surface area (Å²) in [7, 11) is 0. The van der Waals surface area contributed by atoms with E-state index in [0.29, 0.717) is 22.9 Å². The number of amides is 1. The number of hydrogen-bond acceptors (Lipinski definition) is 3. The summed E-state index contributed by atoms with van der Waals surface area (Å²) in [5.74, 6) is 0.629. The highest BCUT2D eigenvalue weighted by Gasteiger charge is 2.05. The maximum Gasteiger partial charge on any atom is 0.228 e. The zero-order valence-electron chi connectivity index (χ0n) is 13.8. The highest BCUT2D eigenvalue weighted by Crippen LogP contribution is 2.18. The molecule has 0 saturated carbocycles. The Labute approximate surface area is 151 Å². The summed E-state index contributed by atoms with van der Waals surface area (Å²) in [4.78, 5) is 16.4. The number of rotatable bonds is 5. The topological polar surface area (TPSA) is 54.0 Å². The van der Waals surface area contributed by atoms with Crippen LogP contribution in [0.4, 0.5) is 17.2 Å². The van der Waals surface area contributed by atoms with Crippen molar-refractivity contribution in [1.82, 2.24) is 4.98 Å². The second-order valence-electron chi connectivity index (χ2n) is 5.78. The van der Waals surface area contributed by atoms with Gasteiger partial charge in [-0.25, -0.2) is 4.98 Å². The number of benzene rings is 2. The lowest BCUT2D eigenvalue weighted by Crippen LogP contribution is -2.14. The summed E-state index contributed by atoms with van der Waals surface area (Å²) >= 11 is 5.87. The lowest BCUT2D eigenvalue weighted by Gasteiger charge is -2.08. The van der Waals surface area contributed by atoms with Crippen LogP contribution in [0.5, 0.6) is 0 Å². The smallest absolute Gasteiger partial charge is 0.228 e. The maximum atomic E-state index is 12.1. The monoisotopic (exact) mass is 351 g/mol. The molecule has 3 rings (SSSR count). The fourth-order valence-electron chi connectivity index (χ4n) is 2.44. The quantitative estimate of drug-likeness (QED) is 0.682. The number of hydrogen-bond donors (Lipinski definition) is 2. The molecule has 0 fully saturated rings. The Kier molecular flexibility index (Phi) is 5.31. The second kappa shape index (κ2) is 7.81. The van der Waals surface area contributed by atoms with Gasteiger partial charge in [0.2, 0.25) is 5.91 Å². The number of pyridine rings is 1. The van der Waals surface area contributed by atoms with Gasteiger partial charge in [-0.15, -0.1) is 0 Å². The first kappa shape index (κ1) is 17.0. The molecule has 1 aromatic heterocycles. The van der Waals surface area contributed by atoms with E-state index in [9.17, 15) is 4.79 Å². The maximum absolute atomic E-state index is 12.1. The zero-order chi connectivity index (χ0) is 17.6. The van der Waals surface area contributed by atoms with E-state index >= 15 is 0 Å². The zero-order valence-corrected chi connectivity index (χ0v) is 14.5. The summed E-state index contributed by atoms with van der Waals surface area (Å²) in [6.45, 7) is 2.01. The number of carbonyl (C=O) groups excluding carboxylic acids is 1. The minimum atomic E-state index is -0.0641. The van der Waals surface area contributed by atoms with Gasteiger partial charge in [-0.1, -0.05) is 41.4 Å². The molecule has 0 atom stereocenters. The molecule has 0 spiro atoms.